The number of halogens is 2. The van der Waals surface area contributed by atoms with Crippen molar-refractivity contribution in [1.82, 2.24) is 0 Å². The van der Waals surface area contributed by atoms with E-state index in [1.165, 1.54) is 0 Å². The van der Waals surface area contributed by atoms with Crippen molar-refractivity contribution in [3.8, 4) is 5.75 Å². The smallest absolute Gasteiger partial charge is 0.211 e. The Morgan fingerprint density at radius 3 is 2.28 bits per heavy atom. The first-order chi connectivity index (χ1) is 8.40. The molecule has 0 saturated heterocycles. The zero-order chi connectivity index (χ0) is 13.6. The lowest BCUT2D eigenvalue weighted by Gasteiger charge is -2.10. The van der Waals surface area contributed by atoms with Crippen LogP contribution in [0.1, 0.15) is 0 Å². The maximum absolute atomic E-state index is 10.6. The van der Waals surface area contributed by atoms with Gasteiger partial charge in [-0.1, -0.05) is 6.07 Å². The zero-order valence-corrected chi connectivity index (χ0v) is 13.4. The molecule has 0 unspecified atom stereocenters. The molecule has 8 heteroatoms. The van der Waals surface area contributed by atoms with Gasteiger partial charge in [-0.3, -0.25) is 0 Å². The van der Waals surface area contributed by atoms with Crippen molar-refractivity contribution >= 4 is 41.9 Å². The van der Waals surface area contributed by atoms with Gasteiger partial charge >= 0.3 is 0 Å². The molecule has 1 aromatic carbocycles. The van der Waals surface area contributed by atoms with Crippen molar-refractivity contribution in [3.05, 3.63) is 27.1 Å². The molecule has 0 bridgehead atoms. The van der Waals surface area contributed by atoms with Crippen molar-refractivity contribution in [2.24, 2.45) is 5.14 Å². The molecule has 0 aliphatic rings. The van der Waals surface area contributed by atoms with E-state index in [0.29, 0.717) is 19.0 Å². The number of benzene rings is 1. The minimum atomic E-state index is -3.46. The Balaban J connectivity index is 2.26. The highest BCUT2D eigenvalue weighted by molar-refractivity contribution is 9.11. The van der Waals surface area contributed by atoms with Gasteiger partial charge in [-0.05, 0) is 44.0 Å². The van der Waals surface area contributed by atoms with Crippen LogP contribution in [0, 0.1) is 0 Å². The number of para-hydroxylation sites is 1. The third-order valence-electron chi connectivity index (χ3n) is 1.91. The summed E-state index contributed by atoms with van der Waals surface area (Å²) >= 11 is 6.73. The average molecular weight is 403 g/mol. The summed E-state index contributed by atoms with van der Waals surface area (Å²) in [5.74, 6) is 0.499. The van der Waals surface area contributed by atoms with Crippen LogP contribution in [0.3, 0.4) is 0 Å². The lowest BCUT2D eigenvalue weighted by Crippen LogP contribution is -2.21. The van der Waals surface area contributed by atoms with Gasteiger partial charge in [0.2, 0.25) is 10.0 Å². The summed E-state index contributed by atoms with van der Waals surface area (Å²) in [5.41, 5.74) is 0. The minimum absolute atomic E-state index is 0.0688. The molecule has 0 amide bonds. The van der Waals surface area contributed by atoms with Crippen LogP contribution in [0.15, 0.2) is 27.1 Å². The van der Waals surface area contributed by atoms with E-state index in [1.54, 1.807) is 0 Å². The van der Waals surface area contributed by atoms with E-state index in [4.69, 9.17) is 14.6 Å². The highest BCUT2D eigenvalue weighted by Crippen LogP contribution is 2.32. The van der Waals surface area contributed by atoms with Gasteiger partial charge in [-0.2, -0.15) is 0 Å². The molecule has 0 atom stereocenters. The number of ether oxygens (including phenoxy) is 2. The fraction of sp³-hybridized carbons (Fsp3) is 0.400. The number of rotatable bonds is 7. The Morgan fingerprint density at radius 1 is 1.11 bits per heavy atom. The van der Waals surface area contributed by atoms with E-state index >= 15 is 0 Å². The molecule has 0 spiro atoms. The van der Waals surface area contributed by atoms with Gasteiger partial charge < -0.3 is 9.47 Å². The van der Waals surface area contributed by atoms with Gasteiger partial charge in [0.1, 0.15) is 12.4 Å². The molecule has 0 aliphatic heterocycles. The van der Waals surface area contributed by atoms with E-state index < -0.39 is 10.0 Å². The standard InChI is InChI=1S/C10H13Br2NO4S/c11-8-2-1-3-9(12)10(8)17-5-4-16-6-7-18(13,14)15/h1-3H,4-7H2,(H2,13,14,15). The second-order valence-electron chi connectivity index (χ2n) is 3.38. The highest BCUT2D eigenvalue weighted by atomic mass is 79.9. The fourth-order valence-electron chi connectivity index (χ4n) is 1.10. The maximum atomic E-state index is 10.6. The van der Waals surface area contributed by atoms with Crippen molar-refractivity contribution in [3.63, 3.8) is 0 Å². The number of hydrogen-bond donors (Lipinski definition) is 1. The third kappa shape index (κ3) is 6.14. The van der Waals surface area contributed by atoms with Crippen LogP contribution >= 0.6 is 31.9 Å². The average Bonchev–Trinajstić information content (AvgIpc) is 2.25. The van der Waals surface area contributed by atoms with Gasteiger partial charge in [0.25, 0.3) is 0 Å². The van der Waals surface area contributed by atoms with E-state index in [0.717, 1.165) is 8.95 Å². The highest BCUT2D eigenvalue weighted by Gasteiger charge is 2.06. The van der Waals surface area contributed by atoms with Crippen LogP contribution < -0.4 is 9.88 Å². The van der Waals surface area contributed by atoms with Crippen molar-refractivity contribution < 1.29 is 17.9 Å². The van der Waals surface area contributed by atoms with Crippen LogP contribution in [0.25, 0.3) is 0 Å². The molecule has 0 saturated carbocycles. The lowest BCUT2D eigenvalue weighted by molar-refractivity contribution is 0.110. The number of nitrogens with two attached hydrogens (primary N) is 1. The number of hydrogen-bond acceptors (Lipinski definition) is 4. The Morgan fingerprint density at radius 2 is 1.72 bits per heavy atom. The first-order valence-corrected chi connectivity index (χ1v) is 8.35. The molecular weight excluding hydrogens is 390 g/mol. The van der Waals surface area contributed by atoms with Gasteiger partial charge in [0.05, 0.1) is 27.9 Å². The van der Waals surface area contributed by atoms with E-state index in [9.17, 15) is 8.42 Å². The van der Waals surface area contributed by atoms with Crippen molar-refractivity contribution in [2.75, 3.05) is 25.6 Å². The van der Waals surface area contributed by atoms with Gasteiger partial charge in [-0.15, -0.1) is 0 Å². The van der Waals surface area contributed by atoms with Crippen LogP contribution in [0.2, 0.25) is 0 Å². The van der Waals surface area contributed by atoms with E-state index in [2.05, 4.69) is 31.9 Å². The predicted octanol–water partition coefficient (Wildman–Crippen LogP) is 1.90. The Labute approximate surface area is 123 Å². The minimum Gasteiger partial charge on any atom is -0.489 e. The SMILES string of the molecule is NS(=O)(=O)CCOCCOc1c(Br)cccc1Br. The van der Waals surface area contributed by atoms with E-state index in [-0.39, 0.29) is 12.4 Å². The van der Waals surface area contributed by atoms with Gasteiger partial charge in [0.15, 0.2) is 0 Å². The van der Waals surface area contributed by atoms with Crippen LogP contribution in [-0.4, -0.2) is 34.0 Å². The fourth-order valence-corrected chi connectivity index (χ4v) is 2.68. The topological polar surface area (TPSA) is 78.6 Å². The molecule has 0 aromatic heterocycles. The summed E-state index contributed by atoms with van der Waals surface area (Å²) < 4.78 is 33.5. The molecule has 0 aliphatic carbocycles. The molecule has 18 heavy (non-hydrogen) atoms. The first kappa shape index (κ1) is 15.9. The summed E-state index contributed by atoms with van der Waals surface area (Å²) in [4.78, 5) is 0. The zero-order valence-electron chi connectivity index (χ0n) is 9.43. The first-order valence-electron chi connectivity index (χ1n) is 5.05. The molecule has 0 heterocycles. The number of sulfonamides is 1. The van der Waals surface area contributed by atoms with Crippen LogP contribution in [-0.2, 0) is 14.8 Å². The second kappa shape index (κ2) is 7.44. The summed E-state index contributed by atoms with van der Waals surface area (Å²) in [5, 5.41) is 4.83. The van der Waals surface area contributed by atoms with Gasteiger partial charge in [0, 0.05) is 0 Å². The predicted molar refractivity (Wildman–Crippen MR) is 76.1 cm³/mol. The lowest BCUT2D eigenvalue weighted by atomic mass is 10.3. The van der Waals surface area contributed by atoms with Crippen molar-refractivity contribution in [1.29, 1.82) is 0 Å². The normalized spacial score (nSPS) is 11.5. The summed E-state index contributed by atoms with van der Waals surface area (Å²) in [6.07, 6.45) is 0. The molecule has 1 rings (SSSR count). The maximum Gasteiger partial charge on any atom is 0.211 e. The Kier molecular flexibility index (Phi) is 6.58. The second-order valence-corrected chi connectivity index (χ2v) is 6.82. The van der Waals surface area contributed by atoms with Gasteiger partial charge in [-0.25, -0.2) is 13.6 Å². The molecule has 5 nitrogen and oxygen atoms in total. The molecule has 0 fully saturated rings. The van der Waals surface area contributed by atoms with Crippen molar-refractivity contribution in [2.45, 2.75) is 0 Å². The number of primary sulfonamides is 1. The molecular formula is C10H13Br2NO4S. The summed E-state index contributed by atoms with van der Waals surface area (Å²) in [6, 6.07) is 5.60. The van der Waals surface area contributed by atoms with E-state index in [1.807, 2.05) is 18.2 Å². The molecule has 0 radical (unpaired) electrons. The molecule has 102 valence electrons. The molecule has 1 aromatic rings. The monoisotopic (exact) mass is 401 g/mol. The quantitative estimate of drug-likeness (QED) is 0.706. The third-order valence-corrected chi connectivity index (χ3v) is 3.89. The Hall–Kier alpha value is -0.150. The summed E-state index contributed by atoms with van der Waals surface area (Å²) in [6.45, 7) is 0.689. The van der Waals surface area contributed by atoms with Crippen LogP contribution in [0.5, 0.6) is 5.75 Å². The largest absolute Gasteiger partial charge is 0.489 e. The molecule has 2 N–H and O–H groups in total. The Bertz CT molecular complexity index is 472. The summed E-state index contributed by atoms with van der Waals surface area (Å²) in [7, 11) is -3.46. The van der Waals surface area contributed by atoms with Crippen LogP contribution in [0.4, 0.5) is 0 Å².